The van der Waals surface area contributed by atoms with Crippen LogP contribution in [0.1, 0.15) is 67.1 Å². The van der Waals surface area contributed by atoms with E-state index in [1.54, 1.807) is 6.07 Å². The van der Waals surface area contributed by atoms with Crippen LogP contribution >= 0.6 is 0 Å². The number of ether oxygens (including phenoxy) is 1. The number of nitrogens with one attached hydrogen (secondary N) is 1. The molecule has 0 saturated heterocycles. The first-order valence-corrected chi connectivity index (χ1v) is 12.5. The maximum absolute atomic E-state index is 13.5. The molecule has 11 heteroatoms. The lowest BCUT2D eigenvalue weighted by molar-refractivity contribution is -0.258. The van der Waals surface area contributed by atoms with E-state index in [0.717, 1.165) is 31.2 Å². The van der Waals surface area contributed by atoms with Crippen molar-refractivity contribution in [2.24, 2.45) is 0 Å². The molecule has 0 spiro atoms. The highest BCUT2D eigenvalue weighted by Gasteiger charge is 2.51. The molecule has 0 bridgehead atoms. The fourth-order valence-electron chi connectivity index (χ4n) is 5.19. The van der Waals surface area contributed by atoms with E-state index in [1.165, 1.54) is 25.3 Å². The highest BCUT2D eigenvalue weighted by Crippen LogP contribution is 2.43. The molecule has 1 heterocycles. The Labute approximate surface area is 218 Å². The number of aromatic nitrogens is 1. The Bertz CT molecular complexity index is 1140. The number of pyridine rings is 1. The fraction of sp³-hybridized carbons (Fsp3) is 0.519. The van der Waals surface area contributed by atoms with Crippen LogP contribution in [-0.2, 0) is 15.8 Å². The van der Waals surface area contributed by atoms with Gasteiger partial charge >= 0.3 is 12.3 Å². The summed E-state index contributed by atoms with van der Waals surface area (Å²) in [6.07, 6.45) is -0.257. The molecule has 0 unspecified atom stereocenters. The molecule has 2 aliphatic rings. The first kappa shape index (κ1) is 27.8. The lowest BCUT2D eigenvalue weighted by Gasteiger charge is -2.43. The Morgan fingerprint density at radius 2 is 1.68 bits per heavy atom. The van der Waals surface area contributed by atoms with E-state index >= 15 is 0 Å². The van der Waals surface area contributed by atoms with E-state index in [4.69, 9.17) is 4.74 Å². The number of carbonyl (C=O) groups is 2. The molecule has 1 aromatic carbocycles. The van der Waals surface area contributed by atoms with Crippen molar-refractivity contribution in [3.05, 3.63) is 65.2 Å². The summed E-state index contributed by atoms with van der Waals surface area (Å²) >= 11 is 0. The molecule has 2 fully saturated rings. The molecule has 38 heavy (non-hydrogen) atoms. The molecule has 1 aromatic heterocycles. The normalized spacial score (nSPS) is 23.3. The zero-order valence-electron chi connectivity index (χ0n) is 21.2. The Balaban J connectivity index is 1.52. The van der Waals surface area contributed by atoms with Gasteiger partial charge < -0.3 is 20.1 Å². The minimum Gasteiger partial charge on any atom is -0.453 e. The molecule has 4 rings (SSSR count). The number of alkyl halides is 3. The predicted molar refractivity (Wildman–Crippen MR) is 130 cm³/mol. The zero-order chi connectivity index (χ0) is 27.7. The molecule has 1 atom stereocenters. The van der Waals surface area contributed by atoms with Gasteiger partial charge in [-0.1, -0.05) is 12.1 Å². The van der Waals surface area contributed by atoms with Crippen molar-refractivity contribution in [3.63, 3.8) is 0 Å². The van der Waals surface area contributed by atoms with E-state index in [-0.39, 0.29) is 35.7 Å². The number of alkyl carbamates (subject to hydrolysis) is 1. The molecule has 0 aliphatic heterocycles. The van der Waals surface area contributed by atoms with Gasteiger partial charge in [-0.05, 0) is 75.3 Å². The van der Waals surface area contributed by atoms with Crippen LogP contribution < -0.4 is 5.32 Å². The van der Waals surface area contributed by atoms with Gasteiger partial charge in [0.2, 0.25) is 0 Å². The molecule has 2 aliphatic carbocycles. The number of benzene rings is 1. The molecule has 7 nitrogen and oxygen atoms in total. The van der Waals surface area contributed by atoms with E-state index in [0.29, 0.717) is 38.3 Å². The minimum atomic E-state index is -4.85. The number of hydrogen-bond acceptors (Lipinski definition) is 5. The maximum atomic E-state index is 13.5. The molecule has 206 valence electrons. The number of halogens is 4. The third-order valence-electron chi connectivity index (χ3n) is 7.75. The number of aliphatic hydroxyl groups is 1. The maximum Gasteiger partial charge on any atom is 0.421 e. The summed E-state index contributed by atoms with van der Waals surface area (Å²) in [7, 11) is 1.27. The van der Waals surface area contributed by atoms with Crippen LogP contribution in [0.15, 0.2) is 42.6 Å². The SMILES string of the molecule is COC(=O)NC[C@]1(c2ccc(F)cn2)CC[C@H](N(C(=O)c2ccc([C@](C)(O)C(F)(F)F)cc2)C2CC2)CC1. The van der Waals surface area contributed by atoms with Crippen LogP contribution in [0, 0.1) is 5.82 Å². The second-order valence-corrected chi connectivity index (χ2v) is 10.3. The van der Waals surface area contributed by atoms with Crippen molar-refractivity contribution in [1.82, 2.24) is 15.2 Å². The Morgan fingerprint density at radius 3 is 2.18 bits per heavy atom. The van der Waals surface area contributed by atoms with Crippen LogP contribution in [0.25, 0.3) is 0 Å². The van der Waals surface area contributed by atoms with Gasteiger partial charge in [-0.3, -0.25) is 9.78 Å². The number of nitrogens with zero attached hydrogens (tertiary/aromatic N) is 2. The van der Waals surface area contributed by atoms with Gasteiger partial charge in [0.25, 0.3) is 5.91 Å². The first-order chi connectivity index (χ1) is 17.9. The number of carbonyl (C=O) groups excluding carboxylic acids is 2. The van der Waals surface area contributed by atoms with Crippen LogP contribution in [0.2, 0.25) is 0 Å². The van der Waals surface area contributed by atoms with E-state index in [1.807, 2.05) is 4.90 Å². The van der Waals surface area contributed by atoms with Gasteiger partial charge in [-0.25, -0.2) is 9.18 Å². The smallest absolute Gasteiger partial charge is 0.421 e. The number of amides is 2. The third kappa shape index (κ3) is 5.62. The monoisotopic (exact) mass is 537 g/mol. The Hall–Kier alpha value is -3.21. The van der Waals surface area contributed by atoms with Crippen LogP contribution in [0.5, 0.6) is 0 Å². The Kier molecular flexibility index (Phi) is 7.69. The lowest BCUT2D eigenvalue weighted by atomic mass is 9.69. The third-order valence-corrected chi connectivity index (χ3v) is 7.75. The molecule has 2 N–H and O–H groups in total. The van der Waals surface area contributed by atoms with Crippen LogP contribution in [0.3, 0.4) is 0 Å². The van der Waals surface area contributed by atoms with Crippen molar-refractivity contribution in [2.45, 2.75) is 74.7 Å². The van der Waals surface area contributed by atoms with Gasteiger partial charge in [-0.2, -0.15) is 13.2 Å². The summed E-state index contributed by atoms with van der Waals surface area (Å²) in [6.45, 7) is 0.919. The Morgan fingerprint density at radius 1 is 1.08 bits per heavy atom. The average Bonchev–Trinajstić information content (AvgIpc) is 3.73. The van der Waals surface area contributed by atoms with Gasteiger partial charge in [0.05, 0.1) is 13.3 Å². The van der Waals surface area contributed by atoms with Gasteiger partial charge in [0.15, 0.2) is 5.60 Å². The molecule has 0 radical (unpaired) electrons. The average molecular weight is 538 g/mol. The van der Waals surface area contributed by atoms with Gasteiger partial charge in [0, 0.05) is 35.3 Å². The fourth-order valence-corrected chi connectivity index (χ4v) is 5.19. The van der Waals surface area contributed by atoms with E-state index in [9.17, 15) is 32.3 Å². The summed E-state index contributed by atoms with van der Waals surface area (Å²) in [4.78, 5) is 31.4. The highest BCUT2D eigenvalue weighted by atomic mass is 19.4. The second kappa shape index (κ2) is 10.5. The summed E-state index contributed by atoms with van der Waals surface area (Å²) in [5.74, 6) is -0.734. The predicted octanol–water partition coefficient (Wildman–Crippen LogP) is 4.83. The molecule has 2 saturated carbocycles. The standard InChI is InChI=1S/C27H31F4N3O4/c1-25(37,27(29,30)31)18-5-3-17(4-6-18)23(35)34(20-8-9-20)21-11-13-26(14-12-21,16-33-24(36)38-2)22-10-7-19(28)15-32-22/h3-7,10,15,20-21,37H,8-9,11-14,16H2,1-2H3,(H,33,36)/t21-,25-,26-/m0/s1. The molecular weight excluding hydrogens is 506 g/mol. The summed E-state index contributed by atoms with van der Waals surface area (Å²) in [6, 6.07) is 7.79. The first-order valence-electron chi connectivity index (χ1n) is 12.5. The van der Waals surface area contributed by atoms with Gasteiger partial charge in [0.1, 0.15) is 5.82 Å². The van der Waals surface area contributed by atoms with Crippen molar-refractivity contribution < 1.29 is 37.0 Å². The van der Waals surface area contributed by atoms with Gasteiger partial charge in [-0.15, -0.1) is 0 Å². The topological polar surface area (TPSA) is 91.8 Å². The van der Waals surface area contributed by atoms with Crippen molar-refractivity contribution >= 4 is 12.0 Å². The summed E-state index contributed by atoms with van der Waals surface area (Å²) < 4.78 is 57.9. The molecule has 2 amide bonds. The van der Waals surface area contributed by atoms with Crippen LogP contribution in [0.4, 0.5) is 22.4 Å². The number of hydrogen-bond donors (Lipinski definition) is 2. The lowest BCUT2D eigenvalue weighted by Crippen LogP contribution is -2.50. The molecule has 2 aromatic rings. The quantitative estimate of drug-likeness (QED) is 0.494. The number of methoxy groups -OCH3 is 1. The number of rotatable bonds is 7. The molecular formula is C27H31F4N3O4. The zero-order valence-corrected chi connectivity index (χ0v) is 21.2. The summed E-state index contributed by atoms with van der Waals surface area (Å²) in [5, 5.41) is 12.7. The van der Waals surface area contributed by atoms with Crippen LogP contribution in [-0.4, -0.2) is 58.9 Å². The summed E-state index contributed by atoms with van der Waals surface area (Å²) in [5.41, 5.74) is -3.04. The van der Waals surface area contributed by atoms with Crippen molar-refractivity contribution in [3.8, 4) is 0 Å². The second-order valence-electron chi connectivity index (χ2n) is 10.3. The largest absolute Gasteiger partial charge is 0.453 e. The minimum absolute atomic E-state index is 0.0510. The highest BCUT2D eigenvalue weighted by molar-refractivity contribution is 5.95. The van der Waals surface area contributed by atoms with Crippen molar-refractivity contribution in [2.75, 3.05) is 13.7 Å². The van der Waals surface area contributed by atoms with E-state index in [2.05, 4.69) is 10.3 Å². The van der Waals surface area contributed by atoms with Crippen molar-refractivity contribution in [1.29, 1.82) is 0 Å². The van der Waals surface area contributed by atoms with E-state index < -0.39 is 29.1 Å².